The number of aromatic amines is 1. The fourth-order valence-corrected chi connectivity index (χ4v) is 3.55. The molecule has 4 rings (SSSR count). The number of fused-ring (bicyclic) bond motifs is 1. The van der Waals surface area contributed by atoms with Crippen molar-refractivity contribution in [1.82, 2.24) is 19.7 Å². The molecule has 1 aliphatic carbocycles. The van der Waals surface area contributed by atoms with Crippen LogP contribution in [-0.4, -0.2) is 30.9 Å². The van der Waals surface area contributed by atoms with Gasteiger partial charge in [0.25, 0.3) is 0 Å². The van der Waals surface area contributed by atoms with Gasteiger partial charge < -0.3 is 10.7 Å². The zero-order valence-electron chi connectivity index (χ0n) is 12.7. The number of amides is 1. The molecule has 3 aromatic rings. The van der Waals surface area contributed by atoms with Crippen molar-refractivity contribution in [3.05, 3.63) is 30.5 Å². The van der Waals surface area contributed by atoms with Gasteiger partial charge in [0.2, 0.25) is 5.91 Å². The van der Waals surface area contributed by atoms with Gasteiger partial charge in [0.1, 0.15) is 0 Å². The van der Waals surface area contributed by atoms with Crippen molar-refractivity contribution in [2.45, 2.75) is 36.2 Å². The number of para-hydroxylation sites is 1. The predicted molar refractivity (Wildman–Crippen MR) is 90.1 cm³/mol. The maximum atomic E-state index is 11.3. The third-order valence-electron chi connectivity index (χ3n) is 4.09. The normalized spacial score (nSPS) is 15.9. The maximum Gasteiger partial charge on any atom is 0.230 e. The van der Waals surface area contributed by atoms with Gasteiger partial charge in [-0.15, -0.1) is 10.2 Å². The number of rotatable bonds is 5. The number of hydrogen-bond acceptors (Lipinski definition) is 4. The zero-order chi connectivity index (χ0) is 16.0. The lowest BCUT2D eigenvalue weighted by molar-refractivity contribution is -0.117. The van der Waals surface area contributed by atoms with E-state index in [1.54, 1.807) is 6.92 Å². The minimum Gasteiger partial charge on any atom is -0.369 e. The molecule has 2 aromatic heterocycles. The highest BCUT2D eigenvalue weighted by Gasteiger charge is 2.31. The molecule has 0 saturated heterocycles. The highest BCUT2D eigenvalue weighted by atomic mass is 32.2. The van der Waals surface area contributed by atoms with Crippen LogP contribution in [0.5, 0.6) is 0 Å². The SMILES string of the molecule is C[C@@H](Sc1nnc(-c2c[nH]c3ccccc23)n1C1CC1)C(N)=O. The van der Waals surface area contributed by atoms with Crippen LogP contribution in [0.3, 0.4) is 0 Å². The van der Waals surface area contributed by atoms with Crippen LogP contribution in [0, 0.1) is 0 Å². The van der Waals surface area contributed by atoms with E-state index in [4.69, 9.17) is 5.73 Å². The molecule has 1 fully saturated rings. The van der Waals surface area contributed by atoms with Crippen molar-refractivity contribution >= 4 is 28.6 Å². The van der Waals surface area contributed by atoms with Crippen molar-refractivity contribution in [1.29, 1.82) is 0 Å². The van der Waals surface area contributed by atoms with E-state index >= 15 is 0 Å². The Kier molecular flexibility index (Phi) is 3.37. The molecule has 3 N–H and O–H groups in total. The van der Waals surface area contributed by atoms with E-state index in [-0.39, 0.29) is 11.2 Å². The summed E-state index contributed by atoms with van der Waals surface area (Å²) in [7, 11) is 0. The first-order valence-electron chi connectivity index (χ1n) is 7.62. The molecule has 1 aromatic carbocycles. The van der Waals surface area contributed by atoms with Crippen LogP contribution in [0.2, 0.25) is 0 Å². The molecule has 0 bridgehead atoms. The van der Waals surface area contributed by atoms with E-state index in [0.29, 0.717) is 6.04 Å². The minimum atomic E-state index is -0.339. The van der Waals surface area contributed by atoms with Crippen LogP contribution < -0.4 is 5.73 Å². The monoisotopic (exact) mass is 327 g/mol. The Morgan fingerprint density at radius 2 is 2.17 bits per heavy atom. The van der Waals surface area contributed by atoms with E-state index in [1.807, 2.05) is 24.4 Å². The fourth-order valence-electron chi connectivity index (χ4n) is 2.68. The number of nitrogens with two attached hydrogens (primary N) is 1. The van der Waals surface area contributed by atoms with Gasteiger partial charge in [-0.3, -0.25) is 9.36 Å². The number of aromatic nitrogens is 4. The Hall–Kier alpha value is -2.28. The number of nitrogens with one attached hydrogen (secondary N) is 1. The Morgan fingerprint density at radius 1 is 1.39 bits per heavy atom. The molecule has 0 aliphatic heterocycles. The summed E-state index contributed by atoms with van der Waals surface area (Å²) in [6.07, 6.45) is 4.21. The standard InChI is InChI=1S/C16H17N5OS/c1-9(14(17)22)23-16-20-19-15(21(16)10-6-7-10)12-8-18-13-5-3-2-4-11(12)13/h2-5,8-10,18H,6-7H2,1H3,(H2,17,22)/t9-/m1/s1. The second-order valence-electron chi connectivity index (χ2n) is 5.82. The Labute approximate surface area is 137 Å². The summed E-state index contributed by atoms with van der Waals surface area (Å²) in [6, 6.07) is 8.55. The first kappa shape index (κ1) is 14.3. The Bertz CT molecular complexity index is 880. The molecule has 7 heteroatoms. The molecule has 1 amide bonds. The minimum absolute atomic E-state index is 0.326. The van der Waals surface area contributed by atoms with Crippen LogP contribution >= 0.6 is 11.8 Å². The smallest absolute Gasteiger partial charge is 0.230 e. The van der Waals surface area contributed by atoms with Gasteiger partial charge in [-0.05, 0) is 25.8 Å². The largest absolute Gasteiger partial charge is 0.369 e. The summed E-state index contributed by atoms with van der Waals surface area (Å²) in [5.41, 5.74) is 7.50. The average Bonchev–Trinajstić information content (AvgIpc) is 3.16. The molecular weight excluding hydrogens is 310 g/mol. The third kappa shape index (κ3) is 2.50. The predicted octanol–water partition coefficient (Wildman–Crippen LogP) is 2.73. The lowest BCUT2D eigenvalue weighted by Gasteiger charge is -2.10. The lowest BCUT2D eigenvalue weighted by atomic mass is 10.1. The van der Waals surface area contributed by atoms with Gasteiger partial charge >= 0.3 is 0 Å². The second kappa shape index (κ2) is 5.42. The van der Waals surface area contributed by atoms with Crippen molar-refractivity contribution in [2.75, 3.05) is 0 Å². The first-order valence-corrected chi connectivity index (χ1v) is 8.50. The van der Waals surface area contributed by atoms with E-state index < -0.39 is 0 Å². The molecule has 0 unspecified atom stereocenters. The number of thioether (sulfide) groups is 1. The summed E-state index contributed by atoms with van der Waals surface area (Å²) in [6.45, 7) is 1.80. The van der Waals surface area contributed by atoms with Gasteiger partial charge in [-0.2, -0.15) is 0 Å². The number of benzene rings is 1. The lowest BCUT2D eigenvalue weighted by Crippen LogP contribution is -2.23. The van der Waals surface area contributed by atoms with Crippen LogP contribution in [0.15, 0.2) is 35.6 Å². The average molecular weight is 327 g/mol. The summed E-state index contributed by atoms with van der Waals surface area (Å²) in [5.74, 6) is 0.512. The van der Waals surface area contributed by atoms with Crippen molar-refractivity contribution < 1.29 is 4.79 Å². The van der Waals surface area contributed by atoms with Crippen LogP contribution in [0.4, 0.5) is 0 Å². The topological polar surface area (TPSA) is 89.6 Å². The van der Waals surface area contributed by atoms with Crippen molar-refractivity contribution in [3.8, 4) is 11.4 Å². The fraction of sp³-hybridized carbons (Fsp3) is 0.312. The van der Waals surface area contributed by atoms with E-state index in [1.165, 1.54) is 11.8 Å². The third-order valence-corrected chi connectivity index (χ3v) is 5.16. The summed E-state index contributed by atoms with van der Waals surface area (Å²) in [4.78, 5) is 14.6. The highest BCUT2D eigenvalue weighted by molar-refractivity contribution is 8.00. The molecule has 118 valence electrons. The summed E-state index contributed by atoms with van der Waals surface area (Å²) >= 11 is 1.37. The quantitative estimate of drug-likeness (QED) is 0.705. The van der Waals surface area contributed by atoms with E-state index in [0.717, 1.165) is 40.3 Å². The van der Waals surface area contributed by atoms with Gasteiger partial charge in [-0.1, -0.05) is 30.0 Å². The van der Waals surface area contributed by atoms with Crippen molar-refractivity contribution in [2.24, 2.45) is 5.73 Å². The molecule has 23 heavy (non-hydrogen) atoms. The first-order chi connectivity index (χ1) is 11.1. The number of hydrogen-bond donors (Lipinski definition) is 2. The number of carbonyl (C=O) groups excluding carboxylic acids is 1. The number of primary amides is 1. The van der Waals surface area contributed by atoms with Crippen LogP contribution in [0.25, 0.3) is 22.3 Å². The van der Waals surface area contributed by atoms with Crippen LogP contribution in [-0.2, 0) is 4.79 Å². The van der Waals surface area contributed by atoms with Gasteiger partial charge in [-0.25, -0.2) is 0 Å². The van der Waals surface area contributed by atoms with Crippen LogP contribution in [0.1, 0.15) is 25.8 Å². The summed E-state index contributed by atoms with van der Waals surface area (Å²) < 4.78 is 2.15. The number of carbonyl (C=O) groups is 1. The molecule has 0 spiro atoms. The molecule has 1 aliphatic rings. The number of H-pyrrole nitrogens is 1. The number of nitrogens with zero attached hydrogens (tertiary/aromatic N) is 3. The van der Waals surface area contributed by atoms with Gasteiger partial charge in [0, 0.05) is 28.7 Å². The molecule has 1 saturated carbocycles. The molecule has 1 atom stereocenters. The second-order valence-corrected chi connectivity index (χ2v) is 7.13. The summed E-state index contributed by atoms with van der Waals surface area (Å²) in [5, 5.41) is 10.3. The van der Waals surface area contributed by atoms with Gasteiger partial charge in [0.05, 0.1) is 5.25 Å². The van der Waals surface area contributed by atoms with Crippen molar-refractivity contribution in [3.63, 3.8) is 0 Å². The zero-order valence-corrected chi connectivity index (χ0v) is 13.5. The van der Waals surface area contributed by atoms with E-state index in [2.05, 4.69) is 25.8 Å². The Balaban J connectivity index is 1.80. The molecular formula is C16H17N5OS. The maximum absolute atomic E-state index is 11.3. The van der Waals surface area contributed by atoms with E-state index in [9.17, 15) is 4.79 Å². The molecule has 6 nitrogen and oxygen atoms in total. The Morgan fingerprint density at radius 3 is 2.91 bits per heavy atom. The highest BCUT2D eigenvalue weighted by Crippen LogP contribution is 2.42. The van der Waals surface area contributed by atoms with Gasteiger partial charge in [0.15, 0.2) is 11.0 Å². The molecule has 0 radical (unpaired) electrons. The molecule has 2 heterocycles.